The lowest BCUT2D eigenvalue weighted by atomic mass is 10.2. The average molecular weight is 465 g/mol. The van der Waals surface area contributed by atoms with Gasteiger partial charge in [-0.1, -0.05) is 30.0 Å². The molecule has 0 bridgehead atoms. The van der Waals surface area contributed by atoms with Crippen molar-refractivity contribution in [3.05, 3.63) is 78.6 Å². The van der Waals surface area contributed by atoms with Gasteiger partial charge in [-0.15, -0.1) is 10.2 Å². The van der Waals surface area contributed by atoms with Crippen LogP contribution >= 0.6 is 11.8 Å². The zero-order valence-electron chi connectivity index (χ0n) is 18.0. The molecule has 168 valence electrons. The number of halogens is 1. The van der Waals surface area contributed by atoms with Gasteiger partial charge in [0.15, 0.2) is 11.0 Å². The van der Waals surface area contributed by atoms with Crippen molar-refractivity contribution in [1.29, 1.82) is 0 Å². The van der Waals surface area contributed by atoms with Gasteiger partial charge in [-0.2, -0.15) is 0 Å². The predicted molar refractivity (Wildman–Crippen MR) is 126 cm³/mol. The van der Waals surface area contributed by atoms with E-state index in [2.05, 4.69) is 15.5 Å². The molecule has 1 amide bonds. The van der Waals surface area contributed by atoms with Gasteiger partial charge in [0.1, 0.15) is 17.3 Å². The monoisotopic (exact) mass is 464 g/mol. The maximum absolute atomic E-state index is 14.5. The van der Waals surface area contributed by atoms with Gasteiger partial charge in [-0.3, -0.25) is 9.36 Å². The summed E-state index contributed by atoms with van der Waals surface area (Å²) in [7, 11) is 3.15. The molecule has 9 heteroatoms. The van der Waals surface area contributed by atoms with Crippen molar-refractivity contribution < 1.29 is 18.7 Å². The SMILES string of the molecule is COc1ccc(-n2c(SCC(=O)Nc3cccc(OC)c3)nnc2-c2ccccc2F)cc1. The molecule has 1 heterocycles. The Hall–Kier alpha value is -3.85. The highest BCUT2D eigenvalue weighted by molar-refractivity contribution is 7.99. The topological polar surface area (TPSA) is 78.3 Å². The van der Waals surface area contributed by atoms with Crippen molar-refractivity contribution in [2.45, 2.75) is 5.16 Å². The number of carbonyl (C=O) groups is 1. The third-order valence-corrected chi connectivity index (χ3v) is 5.69. The maximum atomic E-state index is 14.5. The van der Waals surface area contributed by atoms with Gasteiger partial charge in [0.2, 0.25) is 5.91 Å². The number of carbonyl (C=O) groups excluding carboxylic acids is 1. The first-order valence-electron chi connectivity index (χ1n) is 10.0. The number of benzene rings is 3. The molecule has 1 aromatic heterocycles. The van der Waals surface area contributed by atoms with Crippen LogP contribution < -0.4 is 14.8 Å². The molecule has 0 aliphatic rings. The van der Waals surface area contributed by atoms with E-state index < -0.39 is 5.82 Å². The maximum Gasteiger partial charge on any atom is 0.234 e. The molecule has 33 heavy (non-hydrogen) atoms. The standard InChI is InChI=1S/C24H21FN4O3S/c1-31-18-12-10-17(11-13-18)29-23(20-8-3-4-9-21(20)25)27-28-24(29)33-15-22(30)26-16-6-5-7-19(14-16)32-2/h3-14H,15H2,1-2H3,(H,26,30). The summed E-state index contributed by atoms with van der Waals surface area (Å²) in [5.41, 5.74) is 1.66. The number of hydrogen-bond acceptors (Lipinski definition) is 6. The van der Waals surface area contributed by atoms with Crippen LogP contribution in [0.1, 0.15) is 0 Å². The number of rotatable bonds is 8. The Labute approximate surface area is 194 Å². The molecule has 0 spiro atoms. The minimum Gasteiger partial charge on any atom is -0.497 e. The van der Waals surface area contributed by atoms with Crippen molar-refractivity contribution in [2.24, 2.45) is 0 Å². The molecule has 0 unspecified atom stereocenters. The summed E-state index contributed by atoms with van der Waals surface area (Å²) in [4.78, 5) is 12.5. The lowest BCUT2D eigenvalue weighted by molar-refractivity contribution is -0.113. The quantitative estimate of drug-likeness (QED) is 0.377. The van der Waals surface area contributed by atoms with Crippen LogP contribution in [0.2, 0.25) is 0 Å². The molecule has 7 nitrogen and oxygen atoms in total. The average Bonchev–Trinajstić information content (AvgIpc) is 3.27. The first-order valence-corrected chi connectivity index (χ1v) is 11.0. The number of amides is 1. The summed E-state index contributed by atoms with van der Waals surface area (Å²) in [6.07, 6.45) is 0. The van der Waals surface area contributed by atoms with Gasteiger partial charge in [0, 0.05) is 11.8 Å². The fraction of sp³-hybridized carbons (Fsp3) is 0.125. The van der Waals surface area contributed by atoms with Gasteiger partial charge < -0.3 is 14.8 Å². The summed E-state index contributed by atoms with van der Waals surface area (Å²) in [6.45, 7) is 0. The zero-order valence-corrected chi connectivity index (χ0v) is 18.8. The fourth-order valence-corrected chi connectivity index (χ4v) is 3.92. The minimum absolute atomic E-state index is 0.0861. The van der Waals surface area contributed by atoms with E-state index in [1.807, 2.05) is 12.1 Å². The van der Waals surface area contributed by atoms with E-state index in [0.717, 1.165) is 5.69 Å². The Morgan fingerprint density at radius 1 is 0.970 bits per heavy atom. The molecule has 1 N–H and O–H groups in total. The summed E-state index contributed by atoms with van der Waals surface area (Å²) >= 11 is 1.20. The summed E-state index contributed by atoms with van der Waals surface area (Å²) in [5, 5.41) is 11.8. The molecular weight excluding hydrogens is 443 g/mol. The highest BCUT2D eigenvalue weighted by atomic mass is 32.2. The normalized spacial score (nSPS) is 10.6. The van der Waals surface area contributed by atoms with E-state index in [0.29, 0.717) is 33.7 Å². The van der Waals surface area contributed by atoms with Crippen LogP contribution in [-0.4, -0.2) is 40.6 Å². The molecule has 0 saturated carbocycles. The zero-order chi connectivity index (χ0) is 23.2. The van der Waals surface area contributed by atoms with E-state index in [1.165, 1.54) is 17.8 Å². The van der Waals surface area contributed by atoms with E-state index in [1.54, 1.807) is 73.4 Å². The van der Waals surface area contributed by atoms with Crippen LogP contribution in [0.4, 0.5) is 10.1 Å². The third-order valence-electron chi connectivity index (χ3n) is 4.76. The number of hydrogen-bond donors (Lipinski definition) is 1. The number of methoxy groups -OCH3 is 2. The fourth-order valence-electron chi connectivity index (χ4n) is 3.17. The molecule has 0 aliphatic heterocycles. The van der Waals surface area contributed by atoms with Crippen molar-refractivity contribution in [1.82, 2.24) is 14.8 Å². The third kappa shape index (κ3) is 5.15. The van der Waals surface area contributed by atoms with E-state index in [9.17, 15) is 9.18 Å². The Kier molecular flexibility index (Phi) is 6.89. The largest absolute Gasteiger partial charge is 0.497 e. The first-order chi connectivity index (χ1) is 16.1. The molecule has 0 fully saturated rings. The summed E-state index contributed by atoms with van der Waals surface area (Å²) in [5.74, 6) is 1.13. The van der Waals surface area contributed by atoms with Gasteiger partial charge in [-0.25, -0.2) is 4.39 Å². The summed E-state index contributed by atoms with van der Waals surface area (Å²) < 4.78 is 26.7. The van der Waals surface area contributed by atoms with Crippen molar-refractivity contribution in [2.75, 3.05) is 25.3 Å². The second-order valence-corrected chi connectivity index (χ2v) is 7.83. The molecule has 0 aliphatic carbocycles. The Bertz CT molecular complexity index is 1260. The first kappa shape index (κ1) is 22.3. The molecule has 4 aromatic rings. The van der Waals surface area contributed by atoms with E-state index in [-0.39, 0.29) is 11.7 Å². The highest BCUT2D eigenvalue weighted by Gasteiger charge is 2.19. The number of anilines is 1. The number of thioether (sulfide) groups is 1. The van der Waals surface area contributed by atoms with E-state index >= 15 is 0 Å². The van der Waals surface area contributed by atoms with Crippen molar-refractivity contribution in [3.63, 3.8) is 0 Å². The van der Waals surface area contributed by atoms with Gasteiger partial charge in [0.05, 0.1) is 31.2 Å². The minimum atomic E-state index is -0.410. The number of aromatic nitrogens is 3. The van der Waals surface area contributed by atoms with Crippen molar-refractivity contribution >= 4 is 23.4 Å². The Morgan fingerprint density at radius 2 is 1.73 bits per heavy atom. The number of nitrogens with zero attached hydrogens (tertiary/aromatic N) is 3. The van der Waals surface area contributed by atoms with Gasteiger partial charge in [0.25, 0.3) is 0 Å². The molecule has 0 saturated heterocycles. The molecule has 0 atom stereocenters. The number of ether oxygens (including phenoxy) is 2. The Morgan fingerprint density at radius 3 is 2.45 bits per heavy atom. The summed E-state index contributed by atoms with van der Waals surface area (Å²) in [6, 6.07) is 20.7. The van der Waals surface area contributed by atoms with Crippen molar-refractivity contribution in [3.8, 4) is 28.6 Å². The second-order valence-electron chi connectivity index (χ2n) is 6.89. The lowest BCUT2D eigenvalue weighted by Crippen LogP contribution is -2.14. The second kappa shape index (κ2) is 10.2. The van der Waals surface area contributed by atoms with Gasteiger partial charge >= 0.3 is 0 Å². The van der Waals surface area contributed by atoms with Crippen LogP contribution in [0, 0.1) is 5.82 Å². The highest BCUT2D eigenvalue weighted by Crippen LogP contribution is 2.30. The van der Waals surface area contributed by atoms with Crippen LogP contribution in [0.3, 0.4) is 0 Å². The smallest absolute Gasteiger partial charge is 0.234 e. The van der Waals surface area contributed by atoms with Crippen LogP contribution in [0.5, 0.6) is 11.5 Å². The van der Waals surface area contributed by atoms with Crippen LogP contribution in [0.25, 0.3) is 17.1 Å². The van der Waals surface area contributed by atoms with Crippen LogP contribution in [-0.2, 0) is 4.79 Å². The molecular formula is C24H21FN4O3S. The van der Waals surface area contributed by atoms with E-state index in [4.69, 9.17) is 9.47 Å². The van der Waals surface area contributed by atoms with Crippen LogP contribution in [0.15, 0.2) is 78.0 Å². The lowest BCUT2D eigenvalue weighted by Gasteiger charge is -2.12. The molecule has 4 rings (SSSR count). The Balaban J connectivity index is 1.61. The molecule has 0 radical (unpaired) electrons. The van der Waals surface area contributed by atoms with Gasteiger partial charge in [-0.05, 0) is 48.5 Å². The molecule has 3 aromatic carbocycles. The number of nitrogens with one attached hydrogen (secondary N) is 1. The predicted octanol–water partition coefficient (Wildman–Crippen LogP) is 4.82.